The van der Waals surface area contributed by atoms with Gasteiger partial charge in [-0.1, -0.05) is 44.1 Å². The largest absolute Gasteiger partial charge is 0.388 e. The molecule has 82 valence electrons. The molecule has 0 aromatic carbocycles. The molecule has 0 fully saturated rings. The fraction of sp³-hybridized carbons (Fsp3) is 0.615. The number of allylic oxidation sites excluding steroid dienone is 2. The van der Waals surface area contributed by atoms with E-state index in [9.17, 15) is 5.11 Å². The van der Waals surface area contributed by atoms with Gasteiger partial charge in [0.25, 0.3) is 0 Å². The predicted octanol–water partition coefficient (Wildman–Crippen LogP) is 3.51. The summed E-state index contributed by atoms with van der Waals surface area (Å²) >= 11 is 0. The SMILES string of the molecule is C.C[CH-]CCC1=CC(O)C(C)C(C)=C1. The molecule has 0 heterocycles. The minimum absolute atomic E-state index is 0. The maximum atomic E-state index is 9.69. The minimum Gasteiger partial charge on any atom is -0.388 e. The van der Waals surface area contributed by atoms with Gasteiger partial charge in [-0.2, -0.15) is 13.3 Å². The Balaban J connectivity index is 0.00000169. The average Bonchev–Trinajstić information content (AvgIpc) is 2.10. The molecule has 0 bridgehead atoms. The number of hydrogen-bond acceptors (Lipinski definition) is 1. The van der Waals surface area contributed by atoms with Crippen molar-refractivity contribution in [1.29, 1.82) is 0 Å². The van der Waals surface area contributed by atoms with Gasteiger partial charge in [-0.3, -0.25) is 0 Å². The molecule has 0 radical (unpaired) electrons. The van der Waals surface area contributed by atoms with Crippen LogP contribution >= 0.6 is 0 Å². The van der Waals surface area contributed by atoms with Gasteiger partial charge in [0.15, 0.2) is 0 Å². The molecule has 0 amide bonds. The lowest BCUT2D eigenvalue weighted by atomic mass is 9.87. The Kier molecular flexibility index (Phi) is 5.78. The number of unbranched alkanes of at least 4 members (excludes halogenated alkanes) is 1. The highest BCUT2D eigenvalue weighted by Crippen LogP contribution is 2.25. The standard InChI is InChI=1S/C12H19O.CH4/c1-4-5-6-11-7-9(2)10(3)12(13)8-11;/h4,7-8,10,12-13H,5-6H2,1-3H3;1H4/q-1;. The molecule has 0 saturated carbocycles. The maximum absolute atomic E-state index is 9.69. The lowest BCUT2D eigenvalue weighted by Crippen LogP contribution is -2.19. The van der Waals surface area contributed by atoms with Gasteiger partial charge in [0, 0.05) is 5.92 Å². The van der Waals surface area contributed by atoms with E-state index < -0.39 is 0 Å². The monoisotopic (exact) mass is 195 g/mol. The first-order valence-corrected chi connectivity index (χ1v) is 5.00. The maximum Gasteiger partial charge on any atom is 0.0789 e. The van der Waals surface area contributed by atoms with Gasteiger partial charge in [0.2, 0.25) is 0 Å². The molecule has 2 atom stereocenters. The van der Waals surface area contributed by atoms with Gasteiger partial charge < -0.3 is 11.5 Å². The molecule has 1 nitrogen and oxygen atoms in total. The van der Waals surface area contributed by atoms with Crippen molar-refractivity contribution in [2.75, 3.05) is 0 Å². The molecular formula is C13H23O-. The van der Waals surface area contributed by atoms with E-state index in [1.165, 1.54) is 11.1 Å². The first-order chi connectivity index (χ1) is 6.15. The predicted molar refractivity (Wildman–Crippen MR) is 62.9 cm³/mol. The Hall–Kier alpha value is -0.560. The van der Waals surface area contributed by atoms with Crippen LogP contribution in [0.15, 0.2) is 23.3 Å². The average molecular weight is 195 g/mol. The van der Waals surface area contributed by atoms with Gasteiger partial charge in [0.05, 0.1) is 6.10 Å². The second-order valence-corrected chi connectivity index (χ2v) is 3.86. The Bertz CT molecular complexity index is 225. The second kappa shape index (κ2) is 6.02. The van der Waals surface area contributed by atoms with Crippen molar-refractivity contribution in [2.45, 2.75) is 47.1 Å². The van der Waals surface area contributed by atoms with E-state index >= 15 is 0 Å². The third-order valence-corrected chi connectivity index (χ3v) is 2.75. The highest BCUT2D eigenvalue weighted by atomic mass is 16.3. The van der Waals surface area contributed by atoms with E-state index in [4.69, 9.17) is 0 Å². The van der Waals surface area contributed by atoms with Crippen LogP contribution in [0.25, 0.3) is 0 Å². The van der Waals surface area contributed by atoms with Gasteiger partial charge in [-0.15, -0.1) is 0 Å². The van der Waals surface area contributed by atoms with Gasteiger partial charge in [-0.25, -0.2) is 0 Å². The highest BCUT2D eigenvalue weighted by molar-refractivity contribution is 5.31. The smallest absolute Gasteiger partial charge is 0.0789 e. The summed E-state index contributed by atoms with van der Waals surface area (Å²) in [4.78, 5) is 0. The van der Waals surface area contributed by atoms with E-state index in [1.807, 2.05) is 6.08 Å². The molecular weight excluding hydrogens is 172 g/mol. The summed E-state index contributed by atoms with van der Waals surface area (Å²) < 4.78 is 0. The molecule has 1 aliphatic rings. The van der Waals surface area contributed by atoms with Gasteiger partial charge >= 0.3 is 0 Å². The minimum atomic E-state index is -0.281. The molecule has 1 N–H and O–H groups in total. The fourth-order valence-corrected chi connectivity index (χ4v) is 1.57. The summed E-state index contributed by atoms with van der Waals surface area (Å²) in [5, 5.41) is 9.69. The van der Waals surface area contributed by atoms with Crippen molar-refractivity contribution < 1.29 is 5.11 Å². The summed E-state index contributed by atoms with van der Waals surface area (Å²) in [5.41, 5.74) is 2.57. The van der Waals surface area contributed by atoms with E-state index in [-0.39, 0.29) is 19.4 Å². The summed E-state index contributed by atoms with van der Waals surface area (Å²) in [6.45, 7) is 6.23. The van der Waals surface area contributed by atoms with Crippen LogP contribution in [0.5, 0.6) is 0 Å². The first kappa shape index (κ1) is 13.4. The molecule has 1 heteroatoms. The quantitative estimate of drug-likeness (QED) is 0.683. The van der Waals surface area contributed by atoms with Crippen molar-refractivity contribution >= 4 is 0 Å². The molecule has 1 aliphatic carbocycles. The summed E-state index contributed by atoms with van der Waals surface area (Å²) in [6, 6.07) is 0. The number of aliphatic hydroxyl groups excluding tert-OH is 1. The van der Waals surface area contributed by atoms with Crippen molar-refractivity contribution in [1.82, 2.24) is 0 Å². The van der Waals surface area contributed by atoms with Gasteiger partial charge in [-0.05, 0) is 6.92 Å². The Labute approximate surface area is 88.5 Å². The summed E-state index contributed by atoms with van der Waals surface area (Å²) in [5.74, 6) is 0.286. The van der Waals surface area contributed by atoms with Gasteiger partial charge in [0.1, 0.15) is 0 Å². The zero-order chi connectivity index (χ0) is 9.84. The molecule has 0 aliphatic heterocycles. The van der Waals surface area contributed by atoms with E-state index in [2.05, 4.69) is 33.3 Å². The zero-order valence-corrected chi connectivity index (χ0v) is 8.75. The Morgan fingerprint density at radius 3 is 2.64 bits per heavy atom. The Morgan fingerprint density at radius 1 is 1.50 bits per heavy atom. The van der Waals surface area contributed by atoms with Crippen LogP contribution in [0.3, 0.4) is 0 Å². The molecule has 0 aromatic heterocycles. The van der Waals surface area contributed by atoms with Crippen molar-refractivity contribution in [3.63, 3.8) is 0 Å². The van der Waals surface area contributed by atoms with Crippen LogP contribution in [0.1, 0.15) is 41.0 Å². The highest BCUT2D eigenvalue weighted by Gasteiger charge is 2.17. The van der Waals surface area contributed by atoms with E-state index in [1.54, 1.807) is 0 Å². The van der Waals surface area contributed by atoms with Crippen LogP contribution < -0.4 is 0 Å². The van der Waals surface area contributed by atoms with Crippen LogP contribution in [-0.4, -0.2) is 11.2 Å². The van der Waals surface area contributed by atoms with Crippen LogP contribution in [0.2, 0.25) is 0 Å². The third-order valence-electron chi connectivity index (χ3n) is 2.75. The molecule has 1 rings (SSSR count). The van der Waals surface area contributed by atoms with Crippen LogP contribution in [0.4, 0.5) is 0 Å². The fourth-order valence-electron chi connectivity index (χ4n) is 1.57. The third kappa shape index (κ3) is 3.30. The lowest BCUT2D eigenvalue weighted by Gasteiger charge is -2.23. The molecule has 0 aromatic rings. The first-order valence-electron chi connectivity index (χ1n) is 5.00. The summed E-state index contributed by atoms with van der Waals surface area (Å²) in [6.07, 6.45) is 8.22. The van der Waals surface area contributed by atoms with Crippen molar-refractivity contribution in [3.8, 4) is 0 Å². The molecule has 14 heavy (non-hydrogen) atoms. The van der Waals surface area contributed by atoms with Crippen molar-refractivity contribution in [3.05, 3.63) is 29.7 Å². The topological polar surface area (TPSA) is 20.2 Å². The molecule has 0 spiro atoms. The second-order valence-electron chi connectivity index (χ2n) is 3.86. The number of hydrogen-bond donors (Lipinski definition) is 1. The van der Waals surface area contributed by atoms with E-state index in [0.29, 0.717) is 0 Å². The zero-order valence-electron chi connectivity index (χ0n) is 8.75. The Morgan fingerprint density at radius 2 is 2.14 bits per heavy atom. The van der Waals surface area contributed by atoms with E-state index in [0.717, 1.165) is 12.8 Å². The van der Waals surface area contributed by atoms with Crippen LogP contribution in [0, 0.1) is 12.3 Å². The van der Waals surface area contributed by atoms with Crippen molar-refractivity contribution in [2.24, 2.45) is 5.92 Å². The molecule has 2 unspecified atom stereocenters. The normalized spacial score (nSPS) is 26.3. The lowest BCUT2D eigenvalue weighted by molar-refractivity contribution is 0.176. The molecule has 0 saturated heterocycles. The summed E-state index contributed by atoms with van der Waals surface area (Å²) in [7, 11) is 0. The number of rotatable bonds is 3. The van der Waals surface area contributed by atoms with Crippen LogP contribution in [-0.2, 0) is 0 Å². The number of aliphatic hydroxyl groups is 1.